The van der Waals surface area contributed by atoms with Crippen molar-refractivity contribution < 1.29 is 32.3 Å². The van der Waals surface area contributed by atoms with Crippen molar-refractivity contribution in [2.75, 3.05) is 36.4 Å². The number of hydrogen-bond donors (Lipinski definition) is 3. The molecule has 5 aromatic rings. The fraction of sp³-hybridized carbons (Fsp3) is 0.300. The Bertz CT molecular complexity index is 1940. The monoisotopic (exact) mass is 724 g/mol. The van der Waals surface area contributed by atoms with Crippen LogP contribution in [-0.2, 0) is 22.6 Å². The van der Waals surface area contributed by atoms with Crippen molar-refractivity contribution in [1.29, 1.82) is 0 Å². The molecule has 2 aliphatic rings. The van der Waals surface area contributed by atoms with Crippen LogP contribution in [0.3, 0.4) is 0 Å². The minimum Gasteiger partial charge on any atom is -0.475 e. The van der Waals surface area contributed by atoms with Gasteiger partial charge in [-0.1, -0.05) is 35.3 Å². The van der Waals surface area contributed by atoms with Crippen molar-refractivity contribution in [2.45, 2.75) is 31.4 Å². The van der Waals surface area contributed by atoms with Gasteiger partial charge < -0.3 is 19.9 Å². The third-order valence-electron chi connectivity index (χ3n) is 7.83. The Kier molecular flexibility index (Phi) is 9.60. The van der Waals surface area contributed by atoms with Gasteiger partial charge in [0.2, 0.25) is 0 Å². The lowest BCUT2D eigenvalue weighted by Gasteiger charge is -2.29. The first kappa shape index (κ1) is 33.6. The number of carboxylic acids is 1. The third kappa shape index (κ3) is 6.97. The number of hydrogen-bond acceptors (Lipinski definition) is 8. The third-order valence-corrected chi connectivity index (χ3v) is 9.21. The first-order valence-corrected chi connectivity index (χ1v) is 16.2. The number of halogens is 6. The van der Waals surface area contributed by atoms with E-state index in [0.717, 1.165) is 43.0 Å². The Morgan fingerprint density at radius 3 is 2.48 bits per heavy atom. The van der Waals surface area contributed by atoms with Gasteiger partial charge in [0.15, 0.2) is 11.2 Å². The number of amides is 1. The smallest absolute Gasteiger partial charge is 0.475 e. The largest absolute Gasteiger partial charge is 0.490 e. The lowest BCUT2D eigenvalue weighted by molar-refractivity contribution is -0.192. The van der Waals surface area contributed by atoms with E-state index in [1.165, 1.54) is 16.0 Å². The number of aliphatic carboxylic acids is 1. The van der Waals surface area contributed by atoms with Crippen LogP contribution in [0.25, 0.3) is 22.0 Å². The number of carbonyl (C=O) groups is 2. The molecule has 0 spiro atoms. The van der Waals surface area contributed by atoms with Crippen LogP contribution in [0.1, 0.15) is 17.4 Å². The number of aromatic nitrogens is 5. The molecule has 2 unspecified atom stereocenters. The van der Waals surface area contributed by atoms with Gasteiger partial charge in [-0.3, -0.25) is 14.8 Å². The summed E-state index contributed by atoms with van der Waals surface area (Å²) in [7, 11) is 0. The maximum Gasteiger partial charge on any atom is 0.490 e. The molecule has 5 heterocycles. The number of carboxylic acid groups (broad SMARTS) is 1. The van der Waals surface area contributed by atoms with E-state index >= 15 is 0 Å². The van der Waals surface area contributed by atoms with Gasteiger partial charge in [-0.2, -0.15) is 18.3 Å². The molecular weight excluding hydrogens is 699 g/mol. The second kappa shape index (κ2) is 13.7. The summed E-state index contributed by atoms with van der Waals surface area (Å²) in [5.74, 6) is -3.15. The Labute approximate surface area is 284 Å². The fourth-order valence-corrected chi connectivity index (χ4v) is 6.67. The number of thiazole rings is 1. The van der Waals surface area contributed by atoms with Gasteiger partial charge in [-0.15, -0.1) is 11.3 Å². The van der Waals surface area contributed by atoms with Gasteiger partial charge in [0.25, 0.3) is 5.91 Å². The van der Waals surface area contributed by atoms with E-state index in [0.29, 0.717) is 37.5 Å². The summed E-state index contributed by atoms with van der Waals surface area (Å²) in [5, 5.41) is 21.8. The first-order valence-electron chi connectivity index (χ1n) is 14.5. The molecule has 2 aliphatic heterocycles. The van der Waals surface area contributed by atoms with Gasteiger partial charge in [-0.05, 0) is 23.8 Å². The van der Waals surface area contributed by atoms with Crippen molar-refractivity contribution in [3.8, 4) is 11.1 Å². The van der Waals surface area contributed by atoms with E-state index in [9.17, 15) is 22.4 Å². The number of alkyl halides is 4. The van der Waals surface area contributed by atoms with Crippen molar-refractivity contribution in [1.82, 2.24) is 29.6 Å². The highest BCUT2D eigenvalue weighted by Crippen LogP contribution is 2.40. The summed E-state index contributed by atoms with van der Waals surface area (Å²) < 4.78 is 49.3. The molecule has 0 radical (unpaired) electrons. The Hall–Kier alpha value is -4.25. The molecule has 1 fully saturated rings. The molecule has 18 heteroatoms. The zero-order chi connectivity index (χ0) is 34.2. The Balaban J connectivity index is 0.000000519. The fourth-order valence-electron chi connectivity index (χ4n) is 5.59. The zero-order valence-corrected chi connectivity index (χ0v) is 27.0. The summed E-state index contributed by atoms with van der Waals surface area (Å²) in [4.78, 5) is 33.6. The number of anilines is 2. The number of nitrogens with one attached hydrogen (secondary N) is 2. The van der Waals surface area contributed by atoms with Crippen LogP contribution in [0.5, 0.6) is 0 Å². The predicted octanol–water partition coefficient (Wildman–Crippen LogP) is 5.83. The SMILES string of the molecule is O=C(Nc1nccs1)C(c1ncn2c1CC(F)C2)n1cc2c(Cl)cc(-c3ccc(N4CCNCC4)cc3)c(Cl)c2n1.O=C(O)C(F)(F)F. The summed E-state index contributed by atoms with van der Waals surface area (Å²) in [6.45, 7) is 4.04. The molecule has 2 aromatic carbocycles. The number of benzene rings is 2. The number of fused-ring (bicyclic) bond motifs is 2. The van der Waals surface area contributed by atoms with Gasteiger partial charge in [0.05, 0.1) is 28.6 Å². The van der Waals surface area contributed by atoms with Crippen molar-refractivity contribution in [2.24, 2.45) is 0 Å². The second-order valence-corrected chi connectivity index (χ2v) is 12.6. The second-order valence-electron chi connectivity index (χ2n) is 10.9. The lowest BCUT2D eigenvalue weighted by atomic mass is 10.0. The lowest BCUT2D eigenvalue weighted by Crippen LogP contribution is -2.43. The van der Waals surface area contributed by atoms with E-state index in [4.69, 9.17) is 38.2 Å². The average molecular weight is 726 g/mol. The van der Waals surface area contributed by atoms with E-state index in [1.807, 2.05) is 18.2 Å². The van der Waals surface area contributed by atoms with Gasteiger partial charge in [-0.25, -0.2) is 19.2 Å². The summed E-state index contributed by atoms with van der Waals surface area (Å²) in [6, 6.07) is 9.08. The zero-order valence-electron chi connectivity index (χ0n) is 24.7. The molecule has 7 rings (SSSR count). The van der Waals surface area contributed by atoms with Crippen LogP contribution in [0.15, 0.2) is 54.4 Å². The highest BCUT2D eigenvalue weighted by molar-refractivity contribution is 7.13. The topological polar surface area (TPSA) is 130 Å². The first-order chi connectivity index (χ1) is 22.9. The molecule has 2 atom stereocenters. The number of imidazole rings is 1. The number of rotatable bonds is 6. The molecule has 0 saturated carbocycles. The summed E-state index contributed by atoms with van der Waals surface area (Å²) in [6.07, 6.45) is -1.07. The maximum atomic E-state index is 14.3. The van der Waals surface area contributed by atoms with Gasteiger partial charge in [0, 0.05) is 72.7 Å². The average Bonchev–Trinajstić information content (AvgIpc) is 3.86. The molecule has 3 N–H and O–H groups in total. The molecule has 3 aromatic heterocycles. The highest BCUT2D eigenvalue weighted by Gasteiger charge is 2.38. The quantitative estimate of drug-likeness (QED) is 0.187. The van der Waals surface area contributed by atoms with Crippen molar-refractivity contribution in [3.63, 3.8) is 0 Å². The normalized spacial score (nSPS) is 16.7. The predicted molar refractivity (Wildman–Crippen MR) is 174 cm³/mol. The van der Waals surface area contributed by atoms with Crippen molar-refractivity contribution in [3.05, 3.63) is 75.9 Å². The molecular formula is C30H26Cl2F4N8O3S. The highest BCUT2D eigenvalue weighted by atomic mass is 35.5. The van der Waals surface area contributed by atoms with Crippen LogP contribution < -0.4 is 15.5 Å². The van der Waals surface area contributed by atoms with Crippen molar-refractivity contribution >= 4 is 68.1 Å². The van der Waals surface area contributed by atoms with Crippen LogP contribution in [0.2, 0.25) is 10.0 Å². The minimum atomic E-state index is -5.08. The van der Waals surface area contributed by atoms with Gasteiger partial charge in [0.1, 0.15) is 11.7 Å². The molecule has 1 saturated heterocycles. The van der Waals surface area contributed by atoms with Crippen LogP contribution in [-0.4, -0.2) is 79.8 Å². The van der Waals surface area contributed by atoms with E-state index in [-0.39, 0.29) is 13.0 Å². The Morgan fingerprint density at radius 1 is 1.12 bits per heavy atom. The van der Waals surface area contributed by atoms with Gasteiger partial charge >= 0.3 is 12.1 Å². The summed E-state index contributed by atoms with van der Waals surface area (Å²) >= 11 is 15.0. The standard InChI is InChI=1S/C28H25Cl2FN8OS.C2HF3O2/c29-21-12-19(16-1-3-18(4-2-16)37-8-5-32-6-9-37)23(30)24-20(21)14-39(36-24)26(27(40)35-28-33-7-10-41-28)25-22-11-17(31)13-38(22)15-34-25;3-2(4,5)1(6)7/h1-4,7,10,12,14-15,17,26,32H,5-6,8-9,11,13H2,(H,33,35,40);(H,6,7). The molecule has 0 aliphatic carbocycles. The molecule has 0 bridgehead atoms. The Morgan fingerprint density at radius 2 is 1.83 bits per heavy atom. The van der Waals surface area contributed by atoms with E-state index in [1.54, 1.807) is 28.7 Å². The van der Waals surface area contributed by atoms with E-state index < -0.39 is 30.3 Å². The number of piperazine rings is 1. The van der Waals surface area contributed by atoms with Crippen LogP contribution in [0.4, 0.5) is 28.4 Å². The maximum absolute atomic E-state index is 14.3. The number of carbonyl (C=O) groups excluding carboxylic acids is 1. The molecule has 252 valence electrons. The minimum absolute atomic E-state index is 0.173. The van der Waals surface area contributed by atoms with Crippen LogP contribution >= 0.6 is 34.5 Å². The van der Waals surface area contributed by atoms with Crippen LogP contribution in [0, 0.1) is 0 Å². The molecule has 48 heavy (non-hydrogen) atoms. The summed E-state index contributed by atoms with van der Waals surface area (Å²) in [5.41, 5.74) is 4.37. The number of nitrogens with zero attached hydrogens (tertiary/aromatic N) is 6. The molecule has 11 nitrogen and oxygen atoms in total. The van der Waals surface area contributed by atoms with E-state index in [2.05, 4.69) is 37.6 Å². The molecule has 1 amide bonds.